The van der Waals surface area contributed by atoms with Gasteiger partial charge in [0.15, 0.2) is 17.2 Å². The van der Waals surface area contributed by atoms with Crippen LogP contribution in [0.3, 0.4) is 0 Å². The van der Waals surface area contributed by atoms with Gasteiger partial charge in [-0.1, -0.05) is 39.0 Å². The largest absolute Gasteiger partial charge is 0.508 e. The highest BCUT2D eigenvalue weighted by Gasteiger charge is 2.66. The van der Waals surface area contributed by atoms with Gasteiger partial charge in [-0.25, -0.2) is 0 Å². The van der Waals surface area contributed by atoms with Crippen molar-refractivity contribution in [3.63, 3.8) is 0 Å². The minimum Gasteiger partial charge on any atom is -0.508 e. The van der Waals surface area contributed by atoms with Gasteiger partial charge in [0, 0.05) is 53.5 Å². The molecule has 1 saturated carbocycles. The summed E-state index contributed by atoms with van der Waals surface area (Å²) in [6.45, 7) is 6.75. The van der Waals surface area contributed by atoms with Crippen molar-refractivity contribution in [1.29, 1.82) is 0 Å². The summed E-state index contributed by atoms with van der Waals surface area (Å²) in [6.07, 6.45) is -1.23. The predicted octanol–water partition coefficient (Wildman–Crippen LogP) is 2.85. The molecule has 2 aromatic carbocycles. The molecule has 6 atom stereocenters. The SMILES string of the molecule is CN(C)c1cc(NCc2ccccc2SC(C)(C)C)c(O)c2c1C[C@H]1C[C@H]3C(N(C)C)C(O)C(C(N)=O)C(=O)[C@@]3(O)C(O)=C1C2=O. The van der Waals surface area contributed by atoms with Crippen molar-refractivity contribution in [2.75, 3.05) is 38.4 Å². The van der Waals surface area contributed by atoms with E-state index in [4.69, 9.17) is 5.73 Å². The molecule has 0 spiro atoms. The van der Waals surface area contributed by atoms with Crippen LogP contribution in [0.2, 0.25) is 0 Å². The lowest BCUT2D eigenvalue weighted by molar-refractivity contribution is -0.178. The number of amides is 1. The van der Waals surface area contributed by atoms with E-state index in [9.17, 15) is 34.8 Å². The van der Waals surface area contributed by atoms with E-state index in [1.54, 1.807) is 36.8 Å². The minimum absolute atomic E-state index is 0.0221. The summed E-state index contributed by atoms with van der Waals surface area (Å²) in [7, 11) is 6.94. The van der Waals surface area contributed by atoms with Crippen LogP contribution in [0.4, 0.5) is 11.4 Å². The normalized spacial score (nSPS) is 27.7. The first-order valence-corrected chi connectivity index (χ1v) is 16.2. The zero-order chi connectivity index (χ0) is 34.0. The number of nitrogens with two attached hydrogens (primary N) is 1. The van der Waals surface area contributed by atoms with E-state index in [0.29, 0.717) is 23.5 Å². The Morgan fingerprint density at radius 1 is 1.13 bits per heavy atom. The number of primary amides is 1. The van der Waals surface area contributed by atoms with E-state index in [0.717, 1.165) is 10.5 Å². The second-order valence-electron chi connectivity index (χ2n) is 14.0. The smallest absolute Gasteiger partial charge is 0.230 e. The number of hydrogen-bond acceptors (Lipinski definition) is 11. The fourth-order valence-electron chi connectivity index (χ4n) is 7.46. The van der Waals surface area contributed by atoms with Crippen LogP contribution in [0.1, 0.15) is 48.7 Å². The number of nitrogens with one attached hydrogen (secondary N) is 1. The zero-order valence-electron chi connectivity index (χ0n) is 27.3. The summed E-state index contributed by atoms with van der Waals surface area (Å²) in [5.41, 5.74) is 5.25. The lowest BCUT2D eigenvalue weighted by Crippen LogP contribution is -2.71. The van der Waals surface area contributed by atoms with Crippen LogP contribution in [0.15, 0.2) is 46.6 Å². The Bertz CT molecular complexity index is 1630. The van der Waals surface area contributed by atoms with Crippen LogP contribution in [0.5, 0.6) is 5.75 Å². The maximum Gasteiger partial charge on any atom is 0.230 e. The molecule has 3 aliphatic carbocycles. The number of rotatable bonds is 7. The molecular formula is C34H44N4O7S. The van der Waals surface area contributed by atoms with Crippen LogP contribution >= 0.6 is 11.8 Å². The lowest BCUT2D eigenvalue weighted by atomic mass is 9.56. The summed E-state index contributed by atoms with van der Waals surface area (Å²) in [5.74, 6) is -7.59. The van der Waals surface area contributed by atoms with Crippen molar-refractivity contribution in [2.45, 2.75) is 67.5 Å². The summed E-state index contributed by atoms with van der Waals surface area (Å²) in [6, 6.07) is 8.83. The molecule has 0 aliphatic heterocycles. The number of nitrogens with zero attached hydrogens (tertiary/aromatic N) is 2. The number of carbonyl (C=O) groups excluding carboxylic acids is 3. The van der Waals surface area contributed by atoms with E-state index in [1.165, 1.54) is 0 Å². The summed E-state index contributed by atoms with van der Waals surface area (Å²) in [4.78, 5) is 44.8. The Morgan fingerprint density at radius 3 is 2.37 bits per heavy atom. The third kappa shape index (κ3) is 5.44. The number of aliphatic hydroxyl groups is 3. The maximum atomic E-state index is 14.3. The average Bonchev–Trinajstić information content (AvgIpc) is 2.94. The molecule has 46 heavy (non-hydrogen) atoms. The molecule has 1 amide bonds. The van der Waals surface area contributed by atoms with E-state index in [1.807, 2.05) is 43.3 Å². The summed E-state index contributed by atoms with van der Waals surface area (Å²) in [5, 5.41) is 49.6. The number of carbonyl (C=O) groups is 3. The van der Waals surface area contributed by atoms with Gasteiger partial charge in [-0.15, -0.1) is 11.8 Å². The highest BCUT2D eigenvalue weighted by Crippen LogP contribution is 2.54. The minimum atomic E-state index is -2.63. The monoisotopic (exact) mass is 652 g/mol. The van der Waals surface area contributed by atoms with E-state index < -0.39 is 58.7 Å². The van der Waals surface area contributed by atoms with Crippen molar-refractivity contribution in [3.8, 4) is 5.75 Å². The Kier molecular flexibility index (Phi) is 8.73. The highest BCUT2D eigenvalue weighted by molar-refractivity contribution is 8.00. The standard InChI is InChI=1S/C34H44N4O7S/c1-33(2,3)46-22-11-9-8-10-16(22)15-36-20-14-21(37(4)5)18-12-17-13-19-26(38(6)7)29(41)25(32(35)44)31(43)34(19,45)30(42)23(17)28(40)24(18)27(20)39/h8-11,14,17,19,25-26,29,36,39,41-42,45H,12-13,15H2,1-7H3,(H2,35,44)/t17-,19-,25?,26?,29?,34-/m0/s1. The van der Waals surface area contributed by atoms with Crippen LogP contribution in [-0.4, -0.2) is 93.5 Å². The van der Waals surface area contributed by atoms with Crippen molar-refractivity contribution >= 4 is 40.6 Å². The fourth-order valence-corrected chi connectivity index (χ4v) is 8.54. The number of aromatic hydroxyl groups is 1. The second kappa shape index (κ2) is 11.9. The van der Waals surface area contributed by atoms with Gasteiger partial charge >= 0.3 is 0 Å². The Labute approximate surface area is 273 Å². The topological polar surface area (TPSA) is 177 Å². The molecule has 0 aromatic heterocycles. The summed E-state index contributed by atoms with van der Waals surface area (Å²) < 4.78 is -0.0221. The third-order valence-electron chi connectivity index (χ3n) is 9.41. The highest BCUT2D eigenvalue weighted by atomic mass is 32.2. The number of fused-ring (bicyclic) bond motifs is 3. The number of phenolic OH excluding ortho intramolecular Hbond substituents is 1. The van der Waals surface area contributed by atoms with Crippen molar-refractivity contribution < 1.29 is 34.8 Å². The van der Waals surface area contributed by atoms with Crippen molar-refractivity contribution in [2.24, 2.45) is 23.5 Å². The molecule has 1 fully saturated rings. The van der Waals surface area contributed by atoms with Gasteiger partial charge in [-0.05, 0) is 56.1 Å². The van der Waals surface area contributed by atoms with Crippen molar-refractivity contribution in [1.82, 2.24) is 4.90 Å². The number of allylic oxidation sites excluding steroid dienone is 1. The molecule has 11 nitrogen and oxygen atoms in total. The van der Waals surface area contributed by atoms with Gasteiger partial charge in [0.05, 0.1) is 17.4 Å². The third-order valence-corrected chi connectivity index (χ3v) is 10.6. The number of benzene rings is 2. The average molecular weight is 653 g/mol. The first-order chi connectivity index (χ1) is 21.4. The van der Waals surface area contributed by atoms with Gasteiger partial charge in [-0.2, -0.15) is 0 Å². The Balaban J connectivity index is 1.60. The number of ketones is 2. The summed E-state index contributed by atoms with van der Waals surface area (Å²) >= 11 is 1.73. The molecule has 3 aliphatic rings. The van der Waals surface area contributed by atoms with E-state index >= 15 is 0 Å². The van der Waals surface area contributed by atoms with Crippen LogP contribution in [0, 0.1) is 17.8 Å². The number of thioether (sulfide) groups is 1. The number of phenols is 1. The second-order valence-corrected chi connectivity index (χ2v) is 15.9. The molecule has 0 heterocycles. The van der Waals surface area contributed by atoms with E-state index in [2.05, 4.69) is 26.1 Å². The van der Waals surface area contributed by atoms with Crippen LogP contribution in [0.25, 0.3) is 0 Å². The number of anilines is 2. The molecule has 3 unspecified atom stereocenters. The lowest BCUT2D eigenvalue weighted by Gasteiger charge is -2.53. The van der Waals surface area contributed by atoms with Crippen LogP contribution < -0.4 is 16.0 Å². The molecule has 0 radical (unpaired) electrons. The maximum absolute atomic E-state index is 14.3. The molecule has 5 rings (SSSR count). The first kappa shape index (κ1) is 33.8. The fraction of sp³-hybridized carbons (Fsp3) is 0.500. The van der Waals surface area contributed by atoms with Gasteiger partial charge in [0.2, 0.25) is 5.91 Å². The molecule has 248 valence electrons. The first-order valence-electron chi connectivity index (χ1n) is 15.4. The van der Waals surface area contributed by atoms with Crippen LogP contribution in [-0.2, 0) is 22.6 Å². The van der Waals surface area contributed by atoms with Gasteiger partial charge in [0.25, 0.3) is 0 Å². The number of likely N-dealkylation sites (N-methyl/N-ethyl adjacent to an activating group) is 1. The zero-order valence-corrected chi connectivity index (χ0v) is 28.1. The molecule has 0 bridgehead atoms. The molecule has 7 N–H and O–H groups in total. The van der Waals surface area contributed by atoms with Gasteiger partial charge < -0.3 is 41.3 Å². The number of Topliss-reactive ketones (excluding diaryl/α,β-unsaturated/α-hetero) is 2. The number of hydrogen-bond donors (Lipinski definition) is 6. The predicted molar refractivity (Wildman–Crippen MR) is 177 cm³/mol. The molecule has 2 aromatic rings. The van der Waals surface area contributed by atoms with E-state index in [-0.39, 0.29) is 34.5 Å². The molecule has 12 heteroatoms. The number of aliphatic hydroxyl groups excluding tert-OH is 2. The molecular weight excluding hydrogens is 608 g/mol. The van der Waals surface area contributed by atoms with Crippen molar-refractivity contribution in [3.05, 3.63) is 58.4 Å². The molecule has 0 saturated heterocycles. The van der Waals surface area contributed by atoms with Gasteiger partial charge in [-0.3, -0.25) is 14.4 Å². The Morgan fingerprint density at radius 2 is 1.78 bits per heavy atom. The quantitative estimate of drug-likeness (QED) is 0.147. The Hall–Kier alpha value is -3.58. The van der Waals surface area contributed by atoms with Gasteiger partial charge in [0.1, 0.15) is 17.4 Å².